The SMILES string of the molecule is Cc1nn(C)c(Oc2ccc3c(c2)OCO3)c1C(N)=S. The lowest BCUT2D eigenvalue weighted by atomic mass is 10.2. The average Bonchev–Trinajstić information content (AvgIpc) is 2.94. The summed E-state index contributed by atoms with van der Waals surface area (Å²) < 4.78 is 18.0. The Hall–Kier alpha value is -2.28. The Labute approximate surface area is 121 Å². The Balaban J connectivity index is 1.97. The fraction of sp³-hybridized carbons (Fsp3) is 0.231. The molecule has 1 aromatic carbocycles. The Morgan fingerprint density at radius 3 is 2.90 bits per heavy atom. The summed E-state index contributed by atoms with van der Waals surface area (Å²) in [6.45, 7) is 2.06. The number of aryl methyl sites for hydroxylation is 2. The fourth-order valence-electron chi connectivity index (χ4n) is 2.09. The number of hydrogen-bond acceptors (Lipinski definition) is 5. The van der Waals surface area contributed by atoms with E-state index in [9.17, 15) is 0 Å². The first-order chi connectivity index (χ1) is 9.56. The predicted molar refractivity (Wildman–Crippen MR) is 76.5 cm³/mol. The van der Waals surface area contributed by atoms with Crippen LogP contribution in [0.4, 0.5) is 0 Å². The molecule has 0 amide bonds. The summed E-state index contributed by atoms with van der Waals surface area (Å²) in [5.41, 5.74) is 7.10. The topological polar surface area (TPSA) is 71.5 Å². The molecule has 0 saturated carbocycles. The normalized spacial score (nSPS) is 12.5. The number of hydrogen-bond donors (Lipinski definition) is 1. The lowest BCUT2D eigenvalue weighted by Crippen LogP contribution is -2.11. The quantitative estimate of drug-likeness (QED) is 0.871. The monoisotopic (exact) mass is 291 g/mol. The number of thiocarbonyl (C=S) groups is 1. The second kappa shape index (κ2) is 4.68. The highest BCUT2D eigenvalue weighted by atomic mass is 32.1. The molecule has 2 heterocycles. The molecule has 0 unspecified atom stereocenters. The molecule has 1 aliphatic heterocycles. The molecular formula is C13H13N3O3S. The van der Waals surface area contributed by atoms with Crippen LogP contribution in [-0.4, -0.2) is 21.6 Å². The highest BCUT2D eigenvalue weighted by Gasteiger charge is 2.19. The van der Waals surface area contributed by atoms with Crippen LogP contribution in [-0.2, 0) is 7.05 Å². The van der Waals surface area contributed by atoms with Crippen LogP contribution < -0.4 is 19.9 Å². The Morgan fingerprint density at radius 1 is 1.40 bits per heavy atom. The first kappa shape index (κ1) is 12.7. The van der Waals surface area contributed by atoms with Gasteiger partial charge < -0.3 is 19.9 Å². The summed E-state index contributed by atoms with van der Waals surface area (Å²) in [7, 11) is 1.77. The van der Waals surface area contributed by atoms with Crippen molar-refractivity contribution in [1.29, 1.82) is 0 Å². The Bertz CT molecular complexity index is 696. The molecule has 0 bridgehead atoms. The van der Waals surface area contributed by atoms with E-state index in [2.05, 4.69) is 5.10 Å². The van der Waals surface area contributed by atoms with Gasteiger partial charge in [0.1, 0.15) is 10.7 Å². The van der Waals surface area contributed by atoms with Crippen LogP contribution in [0.5, 0.6) is 23.1 Å². The third-order valence-corrected chi connectivity index (χ3v) is 3.18. The van der Waals surface area contributed by atoms with Gasteiger partial charge in [0, 0.05) is 13.1 Å². The zero-order chi connectivity index (χ0) is 14.3. The molecule has 2 aromatic rings. The van der Waals surface area contributed by atoms with E-state index in [1.807, 2.05) is 6.92 Å². The van der Waals surface area contributed by atoms with Crippen molar-refractivity contribution in [1.82, 2.24) is 9.78 Å². The fourth-order valence-corrected chi connectivity index (χ4v) is 2.32. The van der Waals surface area contributed by atoms with Crippen molar-refractivity contribution in [3.63, 3.8) is 0 Å². The molecule has 0 radical (unpaired) electrons. The zero-order valence-corrected chi connectivity index (χ0v) is 11.9. The predicted octanol–water partition coefficient (Wildman–Crippen LogP) is 1.88. The van der Waals surface area contributed by atoms with Crippen molar-refractivity contribution in [3.8, 4) is 23.1 Å². The van der Waals surface area contributed by atoms with Crippen molar-refractivity contribution in [2.24, 2.45) is 12.8 Å². The third-order valence-electron chi connectivity index (χ3n) is 2.97. The van der Waals surface area contributed by atoms with Crippen LogP contribution in [0.3, 0.4) is 0 Å². The van der Waals surface area contributed by atoms with Crippen molar-refractivity contribution in [2.45, 2.75) is 6.92 Å². The molecule has 104 valence electrons. The molecule has 7 heteroatoms. The Morgan fingerprint density at radius 2 is 2.15 bits per heavy atom. The number of nitrogens with zero attached hydrogens (tertiary/aromatic N) is 2. The van der Waals surface area contributed by atoms with Gasteiger partial charge >= 0.3 is 0 Å². The van der Waals surface area contributed by atoms with Crippen LogP contribution in [0, 0.1) is 6.92 Å². The van der Waals surface area contributed by atoms with Gasteiger partial charge in [0.25, 0.3) is 0 Å². The van der Waals surface area contributed by atoms with Crippen LogP contribution in [0.25, 0.3) is 0 Å². The zero-order valence-electron chi connectivity index (χ0n) is 11.0. The molecule has 0 spiro atoms. The molecule has 0 aliphatic carbocycles. The summed E-state index contributed by atoms with van der Waals surface area (Å²) >= 11 is 5.05. The average molecular weight is 291 g/mol. The molecule has 1 aliphatic rings. The molecule has 20 heavy (non-hydrogen) atoms. The van der Waals surface area contributed by atoms with Gasteiger partial charge in [-0.2, -0.15) is 5.10 Å². The van der Waals surface area contributed by atoms with E-state index >= 15 is 0 Å². The summed E-state index contributed by atoms with van der Waals surface area (Å²) in [5.74, 6) is 2.47. The molecule has 0 saturated heterocycles. The molecule has 1 aromatic heterocycles. The lowest BCUT2D eigenvalue weighted by Gasteiger charge is -2.08. The molecule has 3 rings (SSSR count). The van der Waals surface area contributed by atoms with Crippen molar-refractivity contribution in [3.05, 3.63) is 29.5 Å². The standard InChI is InChI=1S/C13H13N3O3S/c1-7-11(12(14)20)13(16(2)15-7)19-8-3-4-9-10(5-8)18-6-17-9/h3-5H,6H2,1-2H3,(H2,14,20). The van der Waals surface area contributed by atoms with E-state index in [1.54, 1.807) is 29.9 Å². The van der Waals surface area contributed by atoms with Gasteiger partial charge in [0.2, 0.25) is 12.7 Å². The maximum atomic E-state index is 5.85. The second-order valence-corrected chi connectivity index (χ2v) is 4.81. The first-order valence-corrected chi connectivity index (χ1v) is 6.38. The van der Waals surface area contributed by atoms with Crippen molar-refractivity contribution < 1.29 is 14.2 Å². The highest BCUT2D eigenvalue weighted by molar-refractivity contribution is 7.80. The maximum absolute atomic E-state index is 5.85. The van der Waals surface area contributed by atoms with E-state index < -0.39 is 0 Å². The highest BCUT2D eigenvalue weighted by Crippen LogP contribution is 2.37. The second-order valence-electron chi connectivity index (χ2n) is 4.37. The lowest BCUT2D eigenvalue weighted by molar-refractivity contribution is 0.174. The molecule has 2 N–H and O–H groups in total. The van der Waals surface area contributed by atoms with Gasteiger partial charge in [-0.15, -0.1) is 0 Å². The summed E-state index contributed by atoms with van der Waals surface area (Å²) in [5, 5.41) is 4.27. The molecule has 0 atom stereocenters. The van der Waals surface area contributed by atoms with Gasteiger partial charge in [0.15, 0.2) is 11.5 Å². The molecule has 0 fully saturated rings. The van der Waals surface area contributed by atoms with Gasteiger partial charge in [-0.05, 0) is 19.1 Å². The number of fused-ring (bicyclic) bond motifs is 1. The van der Waals surface area contributed by atoms with Crippen molar-refractivity contribution >= 4 is 17.2 Å². The van der Waals surface area contributed by atoms with Crippen LogP contribution in [0.2, 0.25) is 0 Å². The molecule has 6 nitrogen and oxygen atoms in total. The summed E-state index contributed by atoms with van der Waals surface area (Å²) in [4.78, 5) is 0.256. The number of benzene rings is 1. The van der Waals surface area contributed by atoms with E-state index in [-0.39, 0.29) is 11.8 Å². The van der Waals surface area contributed by atoms with E-state index in [4.69, 9.17) is 32.2 Å². The first-order valence-electron chi connectivity index (χ1n) is 5.97. The minimum Gasteiger partial charge on any atom is -0.454 e. The smallest absolute Gasteiger partial charge is 0.231 e. The summed E-state index contributed by atoms with van der Waals surface area (Å²) in [6.07, 6.45) is 0. The number of rotatable bonds is 3. The van der Waals surface area contributed by atoms with Crippen LogP contribution in [0.15, 0.2) is 18.2 Å². The van der Waals surface area contributed by atoms with E-state index in [0.29, 0.717) is 28.7 Å². The van der Waals surface area contributed by atoms with Gasteiger partial charge in [-0.1, -0.05) is 12.2 Å². The van der Waals surface area contributed by atoms with E-state index in [1.165, 1.54) is 0 Å². The number of aromatic nitrogens is 2. The van der Waals surface area contributed by atoms with Crippen LogP contribution >= 0.6 is 12.2 Å². The minimum atomic E-state index is 0.224. The number of ether oxygens (including phenoxy) is 3. The largest absolute Gasteiger partial charge is 0.454 e. The maximum Gasteiger partial charge on any atom is 0.231 e. The minimum absolute atomic E-state index is 0.224. The van der Waals surface area contributed by atoms with E-state index in [0.717, 1.165) is 5.69 Å². The van der Waals surface area contributed by atoms with Gasteiger partial charge in [0.05, 0.1) is 11.3 Å². The summed E-state index contributed by atoms with van der Waals surface area (Å²) in [6, 6.07) is 5.34. The Kier molecular flexibility index (Phi) is 2.98. The van der Waals surface area contributed by atoms with Crippen molar-refractivity contribution in [2.75, 3.05) is 6.79 Å². The third kappa shape index (κ3) is 2.05. The van der Waals surface area contributed by atoms with Crippen LogP contribution in [0.1, 0.15) is 11.3 Å². The van der Waals surface area contributed by atoms with Gasteiger partial charge in [-0.3, -0.25) is 0 Å². The van der Waals surface area contributed by atoms with Gasteiger partial charge in [-0.25, -0.2) is 4.68 Å². The molecular weight excluding hydrogens is 278 g/mol. The number of nitrogens with two attached hydrogens (primary N) is 1.